The normalized spacial score (nSPS) is 17.9. The lowest BCUT2D eigenvalue weighted by Crippen LogP contribution is -2.16. The summed E-state index contributed by atoms with van der Waals surface area (Å²) < 4.78 is 6.95. The van der Waals surface area contributed by atoms with Crippen LogP contribution in [0.2, 0.25) is 0 Å². The first-order chi connectivity index (χ1) is 33.0. The van der Waals surface area contributed by atoms with Crippen LogP contribution in [0.5, 0.6) is 0 Å². The van der Waals surface area contributed by atoms with Crippen LogP contribution in [0, 0.1) is 0 Å². The molecule has 0 N–H and O–H groups in total. The SMILES string of the molecule is CC1(C)c2ccc(N(c3ccc4c(c3)oc3cccc(C5CCCCC5)c34)c3ccc4ccccc4c3-c3cccc4cc(C5CCCCC5)ccc34)cc2-c2c(C3CCCCC3)cccc21. The van der Waals surface area contributed by atoms with Gasteiger partial charge < -0.3 is 9.32 Å². The summed E-state index contributed by atoms with van der Waals surface area (Å²) in [4.78, 5) is 2.57. The van der Waals surface area contributed by atoms with Crippen LogP contribution in [0.4, 0.5) is 17.1 Å². The standard InChI is InChI=1S/C65H63NO/c1-65(2)57-37-34-48(40-56(57)62-51(26-15-29-58(62)65)43-19-8-4-9-20-43)66(49-33-36-55-61(41-49)67-60-30-16-27-53(64(55)60)44-21-10-5-11-22-44)59-38-32-45-23-12-13-25-52(45)63(59)54-28-14-24-47-39-46(31-35-50(47)54)42-17-6-3-7-18-42/h12-16,23-44H,3-11,17-22H2,1-2H3. The van der Waals surface area contributed by atoms with Gasteiger partial charge in [0.1, 0.15) is 11.2 Å². The number of anilines is 3. The van der Waals surface area contributed by atoms with Gasteiger partial charge in [0.2, 0.25) is 0 Å². The molecule has 4 aliphatic rings. The molecule has 0 unspecified atom stereocenters. The molecule has 0 bridgehead atoms. The van der Waals surface area contributed by atoms with E-state index in [9.17, 15) is 0 Å². The van der Waals surface area contributed by atoms with E-state index in [-0.39, 0.29) is 5.41 Å². The van der Waals surface area contributed by atoms with Crippen molar-refractivity contribution in [3.8, 4) is 22.3 Å². The molecule has 3 saturated carbocycles. The van der Waals surface area contributed by atoms with E-state index in [0.717, 1.165) is 16.9 Å². The van der Waals surface area contributed by atoms with Gasteiger partial charge in [-0.1, -0.05) is 175 Å². The number of furan rings is 1. The number of nitrogens with zero attached hydrogens (tertiary/aromatic N) is 1. The van der Waals surface area contributed by atoms with E-state index in [1.165, 1.54) is 185 Å². The predicted molar refractivity (Wildman–Crippen MR) is 284 cm³/mol. The van der Waals surface area contributed by atoms with Crippen molar-refractivity contribution in [3.63, 3.8) is 0 Å². The summed E-state index contributed by atoms with van der Waals surface area (Å²) in [7, 11) is 0. The fourth-order valence-electron chi connectivity index (χ4n) is 13.8. The van der Waals surface area contributed by atoms with Crippen molar-refractivity contribution in [1.82, 2.24) is 0 Å². The minimum atomic E-state index is -0.0878. The number of benzene rings is 8. The Morgan fingerprint density at radius 2 is 1.09 bits per heavy atom. The summed E-state index contributed by atoms with van der Waals surface area (Å²) in [6.07, 6.45) is 19.7. The zero-order valence-electron chi connectivity index (χ0n) is 39.6. The van der Waals surface area contributed by atoms with Crippen molar-refractivity contribution < 1.29 is 4.42 Å². The molecule has 13 rings (SSSR count). The predicted octanol–water partition coefficient (Wildman–Crippen LogP) is 19.5. The van der Waals surface area contributed by atoms with Crippen molar-refractivity contribution in [3.05, 3.63) is 173 Å². The molecular formula is C65H63NO. The van der Waals surface area contributed by atoms with Gasteiger partial charge in [-0.3, -0.25) is 0 Å². The third-order valence-corrected chi connectivity index (χ3v) is 17.2. The lowest BCUT2D eigenvalue weighted by Gasteiger charge is -2.30. The van der Waals surface area contributed by atoms with E-state index < -0.39 is 0 Å². The van der Waals surface area contributed by atoms with Crippen LogP contribution < -0.4 is 4.90 Å². The van der Waals surface area contributed by atoms with Gasteiger partial charge in [0, 0.05) is 39.2 Å². The molecule has 0 saturated heterocycles. The molecule has 8 aromatic carbocycles. The molecule has 334 valence electrons. The molecule has 0 aliphatic heterocycles. The van der Waals surface area contributed by atoms with Crippen LogP contribution in [0.15, 0.2) is 150 Å². The Bertz CT molecular complexity index is 3350. The fraction of sp³-hybridized carbons (Fsp3) is 0.323. The highest BCUT2D eigenvalue weighted by Crippen LogP contribution is 2.55. The van der Waals surface area contributed by atoms with Crippen LogP contribution in [0.25, 0.3) is 65.7 Å². The van der Waals surface area contributed by atoms with Gasteiger partial charge in [-0.05, 0) is 159 Å². The minimum Gasteiger partial charge on any atom is -0.456 e. The van der Waals surface area contributed by atoms with Gasteiger partial charge in [0.15, 0.2) is 0 Å². The monoisotopic (exact) mass is 873 g/mol. The molecular weight excluding hydrogens is 811 g/mol. The topological polar surface area (TPSA) is 16.4 Å². The van der Waals surface area contributed by atoms with Crippen LogP contribution in [0.1, 0.15) is 156 Å². The van der Waals surface area contributed by atoms with E-state index in [0.29, 0.717) is 17.8 Å². The van der Waals surface area contributed by atoms with Crippen molar-refractivity contribution >= 4 is 60.5 Å². The molecule has 1 aromatic heterocycles. The van der Waals surface area contributed by atoms with Crippen molar-refractivity contribution in [2.45, 2.75) is 133 Å². The van der Waals surface area contributed by atoms with Gasteiger partial charge in [-0.25, -0.2) is 0 Å². The van der Waals surface area contributed by atoms with Gasteiger partial charge >= 0.3 is 0 Å². The molecule has 2 nitrogen and oxygen atoms in total. The van der Waals surface area contributed by atoms with E-state index >= 15 is 0 Å². The summed E-state index contributed by atoms with van der Waals surface area (Å²) >= 11 is 0. The Morgan fingerprint density at radius 1 is 0.433 bits per heavy atom. The summed E-state index contributed by atoms with van der Waals surface area (Å²) in [6.45, 7) is 4.89. The second-order valence-electron chi connectivity index (χ2n) is 21.4. The van der Waals surface area contributed by atoms with E-state index in [1.807, 2.05) is 0 Å². The fourth-order valence-corrected chi connectivity index (χ4v) is 13.8. The maximum atomic E-state index is 6.95. The van der Waals surface area contributed by atoms with E-state index in [1.54, 1.807) is 5.56 Å². The van der Waals surface area contributed by atoms with E-state index in [4.69, 9.17) is 4.42 Å². The lowest BCUT2D eigenvalue weighted by molar-refractivity contribution is 0.444. The molecule has 0 amide bonds. The molecule has 2 heteroatoms. The lowest BCUT2D eigenvalue weighted by atomic mass is 9.78. The van der Waals surface area contributed by atoms with E-state index in [2.05, 4.69) is 164 Å². The van der Waals surface area contributed by atoms with Crippen LogP contribution in [0.3, 0.4) is 0 Å². The van der Waals surface area contributed by atoms with Gasteiger partial charge in [0.25, 0.3) is 0 Å². The maximum Gasteiger partial charge on any atom is 0.137 e. The molecule has 3 fully saturated rings. The van der Waals surface area contributed by atoms with Crippen LogP contribution in [-0.4, -0.2) is 0 Å². The first kappa shape index (κ1) is 41.1. The zero-order chi connectivity index (χ0) is 44.6. The Labute approximate surface area is 397 Å². The third-order valence-electron chi connectivity index (χ3n) is 17.2. The Hall–Kier alpha value is -6.12. The van der Waals surface area contributed by atoms with Gasteiger partial charge in [-0.2, -0.15) is 0 Å². The first-order valence-corrected chi connectivity index (χ1v) is 26.1. The minimum absolute atomic E-state index is 0.0878. The zero-order valence-corrected chi connectivity index (χ0v) is 39.6. The first-order valence-electron chi connectivity index (χ1n) is 26.1. The molecule has 0 radical (unpaired) electrons. The second-order valence-corrected chi connectivity index (χ2v) is 21.4. The number of rotatable bonds is 7. The van der Waals surface area contributed by atoms with Crippen molar-refractivity contribution in [2.24, 2.45) is 0 Å². The molecule has 4 aliphatic carbocycles. The molecule has 1 heterocycles. The quantitative estimate of drug-likeness (QED) is 0.159. The van der Waals surface area contributed by atoms with Crippen LogP contribution in [-0.2, 0) is 5.41 Å². The Kier molecular flexibility index (Phi) is 10.2. The third kappa shape index (κ3) is 6.87. The van der Waals surface area contributed by atoms with Crippen molar-refractivity contribution in [1.29, 1.82) is 0 Å². The number of hydrogen-bond acceptors (Lipinski definition) is 2. The summed E-state index contributed by atoms with van der Waals surface area (Å²) in [6, 6.07) is 56.7. The highest BCUT2D eigenvalue weighted by atomic mass is 16.3. The Balaban J connectivity index is 1.05. The van der Waals surface area contributed by atoms with Gasteiger partial charge in [0.05, 0.1) is 5.69 Å². The second kappa shape index (κ2) is 16.6. The summed E-state index contributed by atoms with van der Waals surface area (Å²) in [5.41, 5.74) is 18.2. The molecule has 0 atom stereocenters. The highest BCUT2D eigenvalue weighted by Gasteiger charge is 2.39. The highest BCUT2D eigenvalue weighted by molar-refractivity contribution is 6.13. The Morgan fingerprint density at radius 3 is 1.90 bits per heavy atom. The summed E-state index contributed by atoms with van der Waals surface area (Å²) in [5.74, 6) is 1.85. The average Bonchev–Trinajstić information content (AvgIpc) is 3.88. The smallest absolute Gasteiger partial charge is 0.137 e. The maximum absolute atomic E-state index is 6.95. The van der Waals surface area contributed by atoms with Gasteiger partial charge in [-0.15, -0.1) is 0 Å². The molecule has 67 heavy (non-hydrogen) atoms. The van der Waals surface area contributed by atoms with Crippen LogP contribution >= 0.6 is 0 Å². The number of fused-ring (bicyclic) bond motifs is 8. The summed E-state index contributed by atoms with van der Waals surface area (Å²) in [5, 5.41) is 7.69. The largest absolute Gasteiger partial charge is 0.456 e. The molecule has 0 spiro atoms. The van der Waals surface area contributed by atoms with Crippen molar-refractivity contribution in [2.75, 3.05) is 4.90 Å². The number of hydrogen-bond donors (Lipinski definition) is 0. The average molecular weight is 874 g/mol. The molecule has 9 aromatic rings.